The Labute approximate surface area is 162 Å². The van der Waals surface area contributed by atoms with Gasteiger partial charge in [0.25, 0.3) is 5.56 Å². The lowest BCUT2D eigenvalue weighted by Crippen LogP contribution is -2.48. The van der Waals surface area contributed by atoms with Gasteiger partial charge in [-0.1, -0.05) is 6.07 Å². The molecule has 1 aromatic heterocycles. The lowest BCUT2D eigenvalue weighted by Gasteiger charge is -2.44. The Bertz CT molecular complexity index is 1010. The van der Waals surface area contributed by atoms with Gasteiger partial charge in [0.05, 0.1) is 14.2 Å². The van der Waals surface area contributed by atoms with Gasteiger partial charge < -0.3 is 18.8 Å². The summed E-state index contributed by atoms with van der Waals surface area (Å²) in [5.41, 5.74) is 2.40. The first-order chi connectivity index (χ1) is 13.6. The van der Waals surface area contributed by atoms with Crippen LogP contribution in [-0.2, 0) is 11.3 Å². The number of methoxy groups -OCH3 is 2. The van der Waals surface area contributed by atoms with Crippen molar-refractivity contribution in [1.82, 2.24) is 9.47 Å². The van der Waals surface area contributed by atoms with Crippen LogP contribution < -0.4 is 15.0 Å². The molecule has 0 spiro atoms. The smallest absolute Gasteiger partial charge is 0.344 e. The van der Waals surface area contributed by atoms with Crippen molar-refractivity contribution in [2.45, 2.75) is 25.1 Å². The summed E-state index contributed by atoms with van der Waals surface area (Å²) in [6, 6.07) is 9.18. The molecule has 4 heterocycles. The van der Waals surface area contributed by atoms with E-state index in [4.69, 9.17) is 14.2 Å². The Morgan fingerprint density at radius 3 is 2.68 bits per heavy atom. The van der Waals surface area contributed by atoms with Crippen molar-refractivity contribution in [2.75, 3.05) is 27.3 Å². The first-order valence-electron chi connectivity index (χ1n) is 9.50. The summed E-state index contributed by atoms with van der Waals surface area (Å²) in [6.07, 6.45) is 0.619. The molecular weight excluding hydrogens is 360 g/mol. The zero-order valence-corrected chi connectivity index (χ0v) is 15.9. The van der Waals surface area contributed by atoms with Crippen LogP contribution >= 0.6 is 0 Å². The van der Waals surface area contributed by atoms with Gasteiger partial charge in [-0.15, -0.1) is 0 Å². The van der Waals surface area contributed by atoms with E-state index >= 15 is 0 Å². The number of carbonyl (C=O) groups is 1. The van der Waals surface area contributed by atoms with Crippen LogP contribution in [0.1, 0.15) is 40.2 Å². The quantitative estimate of drug-likeness (QED) is 0.758. The molecule has 3 aliphatic rings. The van der Waals surface area contributed by atoms with Crippen molar-refractivity contribution >= 4 is 5.97 Å². The molecule has 0 unspecified atom stereocenters. The number of esters is 1. The van der Waals surface area contributed by atoms with E-state index in [0.29, 0.717) is 29.5 Å². The monoisotopic (exact) mass is 382 g/mol. The second-order valence-electron chi connectivity index (χ2n) is 7.68. The SMILES string of the molecule is COc1ccc2c(c1OC)C(=O)O[C@H]2N1C[C@@H]2C[C@@H](C1)c1cccc(=O)n1C2. The Kier molecular flexibility index (Phi) is 3.94. The molecule has 7 heteroatoms. The number of fused-ring (bicyclic) bond motifs is 5. The van der Waals surface area contributed by atoms with E-state index < -0.39 is 6.23 Å². The van der Waals surface area contributed by atoms with E-state index in [0.717, 1.165) is 30.8 Å². The maximum Gasteiger partial charge on any atom is 0.344 e. The van der Waals surface area contributed by atoms with Crippen LogP contribution in [0.15, 0.2) is 35.1 Å². The van der Waals surface area contributed by atoms with E-state index in [1.807, 2.05) is 28.8 Å². The van der Waals surface area contributed by atoms with Gasteiger partial charge >= 0.3 is 5.97 Å². The number of benzene rings is 1. The third kappa shape index (κ3) is 2.46. The van der Waals surface area contributed by atoms with E-state index in [-0.39, 0.29) is 17.4 Å². The number of rotatable bonds is 3. The fourth-order valence-electron chi connectivity index (χ4n) is 4.98. The fourth-order valence-corrected chi connectivity index (χ4v) is 4.98. The first-order valence-corrected chi connectivity index (χ1v) is 9.50. The number of cyclic esters (lactones) is 1. The Balaban J connectivity index is 1.50. The second kappa shape index (κ2) is 6.38. The number of hydrogen-bond acceptors (Lipinski definition) is 6. The molecule has 0 aliphatic carbocycles. The summed E-state index contributed by atoms with van der Waals surface area (Å²) in [6.45, 7) is 2.23. The van der Waals surface area contributed by atoms with Crippen LogP contribution in [-0.4, -0.2) is 42.7 Å². The Morgan fingerprint density at radius 1 is 1.04 bits per heavy atom. The topological polar surface area (TPSA) is 70.0 Å². The normalized spacial score (nSPS) is 25.6. The van der Waals surface area contributed by atoms with Gasteiger partial charge in [-0.2, -0.15) is 0 Å². The minimum Gasteiger partial charge on any atom is -0.493 e. The van der Waals surface area contributed by atoms with Crippen molar-refractivity contribution in [3.05, 3.63) is 57.5 Å². The van der Waals surface area contributed by atoms with Crippen molar-refractivity contribution in [2.24, 2.45) is 5.92 Å². The number of aromatic nitrogens is 1. The molecular formula is C21H22N2O5. The molecule has 7 nitrogen and oxygen atoms in total. The summed E-state index contributed by atoms with van der Waals surface area (Å²) in [4.78, 5) is 27.1. The number of likely N-dealkylation sites (tertiary alicyclic amines) is 1. The molecule has 3 aliphatic heterocycles. The third-order valence-electron chi connectivity index (χ3n) is 6.11. The van der Waals surface area contributed by atoms with Crippen LogP contribution in [0, 0.1) is 5.92 Å². The van der Waals surface area contributed by atoms with Crippen LogP contribution in [0.3, 0.4) is 0 Å². The number of piperidine rings is 1. The predicted molar refractivity (Wildman–Crippen MR) is 101 cm³/mol. The lowest BCUT2D eigenvalue weighted by atomic mass is 9.83. The number of pyridine rings is 1. The Morgan fingerprint density at radius 2 is 1.89 bits per heavy atom. The van der Waals surface area contributed by atoms with E-state index in [1.54, 1.807) is 13.2 Å². The van der Waals surface area contributed by atoms with E-state index in [2.05, 4.69) is 4.90 Å². The van der Waals surface area contributed by atoms with Crippen molar-refractivity contribution in [3.63, 3.8) is 0 Å². The van der Waals surface area contributed by atoms with Crippen LogP contribution in [0.5, 0.6) is 11.5 Å². The number of hydrogen-bond donors (Lipinski definition) is 0. The number of carbonyl (C=O) groups excluding carboxylic acids is 1. The van der Waals surface area contributed by atoms with E-state index in [9.17, 15) is 9.59 Å². The Hall–Kier alpha value is -2.80. The summed E-state index contributed by atoms with van der Waals surface area (Å²) < 4.78 is 18.4. The highest BCUT2D eigenvalue weighted by Crippen LogP contribution is 2.46. The molecule has 1 fully saturated rings. The maximum atomic E-state index is 12.6. The molecule has 0 amide bonds. The van der Waals surface area contributed by atoms with Gasteiger partial charge in [0.2, 0.25) is 0 Å². The van der Waals surface area contributed by atoms with Gasteiger partial charge in [-0.3, -0.25) is 9.69 Å². The minimum absolute atomic E-state index is 0.0649. The predicted octanol–water partition coefficient (Wildman–Crippen LogP) is 2.15. The minimum atomic E-state index is -0.436. The molecule has 5 rings (SSSR count). The zero-order valence-electron chi connectivity index (χ0n) is 15.9. The van der Waals surface area contributed by atoms with Gasteiger partial charge in [0, 0.05) is 42.9 Å². The largest absolute Gasteiger partial charge is 0.493 e. The molecule has 0 N–H and O–H groups in total. The zero-order chi connectivity index (χ0) is 19.4. The molecule has 0 radical (unpaired) electrons. The standard InChI is InChI=1S/C21H22N2O5/c1-26-16-7-6-14-18(19(16)27-2)21(25)28-20(14)22-9-12-8-13(11-22)15-4-3-5-17(24)23(15)10-12/h3-7,12-13,20H,8-11H2,1-2H3/t12-,13-,20+/m0/s1. The summed E-state index contributed by atoms with van der Waals surface area (Å²) in [7, 11) is 3.08. The highest BCUT2D eigenvalue weighted by Gasteiger charge is 2.43. The molecule has 3 atom stereocenters. The molecule has 1 aromatic carbocycles. The van der Waals surface area contributed by atoms with Crippen molar-refractivity contribution in [3.8, 4) is 11.5 Å². The lowest BCUT2D eigenvalue weighted by molar-refractivity contribution is -0.0490. The molecule has 28 heavy (non-hydrogen) atoms. The average Bonchev–Trinajstić information content (AvgIpc) is 3.05. The summed E-state index contributed by atoms with van der Waals surface area (Å²) >= 11 is 0. The van der Waals surface area contributed by atoms with Crippen molar-refractivity contribution < 1.29 is 19.0 Å². The van der Waals surface area contributed by atoms with Crippen molar-refractivity contribution in [1.29, 1.82) is 0 Å². The molecule has 146 valence electrons. The third-order valence-corrected chi connectivity index (χ3v) is 6.11. The summed E-state index contributed by atoms with van der Waals surface area (Å²) in [5, 5.41) is 0. The first kappa shape index (κ1) is 17.3. The number of nitrogens with zero attached hydrogens (tertiary/aromatic N) is 2. The van der Waals surface area contributed by atoms with Gasteiger partial charge in [0.15, 0.2) is 17.7 Å². The fraction of sp³-hybridized carbons (Fsp3) is 0.429. The van der Waals surface area contributed by atoms with Crippen LogP contribution in [0.2, 0.25) is 0 Å². The van der Waals surface area contributed by atoms with E-state index in [1.165, 1.54) is 7.11 Å². The highest BCUT2D eigenvalue weighted by atomic mass is 16.6. The van der Waals surface area contributed by atoms with Crippen LogP contribution in [0.4, 0.5) is 0 Å². The molecule has 2 aromatic rings. The van der Waals surface area contributed by atoms with Gasteiger partial charge in [0.1, 0.15) is 5.56 Å². The molecule has 0 saturated carbocycles. The average molecular weight is 382 g/mol. The molecule has 1 saturated heterocycles. The van der Waals surface area contributed by atoms with Gasteiger partial charge in [-0.25, -0.2) is 4.79 Å². The van der Waals surface area contributed by atoms with Crippen LogP contribution in [0.25, 0.3) is 0 Å². The van der Waals surface area contributed by atoms with Gasteiger partial charge in [-0.05, 0) is 30.5 Å². The second-order valence-corrected chi connectivity index (χ2v) is 7.68. The maximum absolute atomic E-state index is 12.6. The summed E-state index contributed by atoms with van der Waals surface area (Å²) in [5.74, 6) is 1.16. The highest BCUT2D eigenvalue weighted by molar-refractivity contribution is 5.98. The number of ether oxygens (including phenoxy) is 3. The molecule has 2 bridgehead atoms.